The second-order valence-electron chi connectivity index (χ2n) is 6.44. The van der Waals surface area contributed by atoms with Gasteiger partial charge in [-0.2, -0.15) is 0 Å². The molecule has 2 heterocycles. The number of hydrogen-bond acceptors (Lipinski definition) is 5. The summed E-state index contributed by atoms with van der Waals surface area (Å²) in [6.07, 6.45) is 3.25. The Morgan fingerprint density at radius 2 is 1.83 bits per heavy atom. The summed E-state index contributed by atoms with van der Waals surface area (Å²) in [6.45, 7) is 0.682. The summed E-state index contributed by atoms with van der Waals surface area (Å²) in [7, 11) is 0. The largest absolute Gasteiger partial charge is 0.348 e. The van der Waals surface area contributed by atoms with Crippen LogP contribution in [0.4, 0.5) is 24.8 Å². The summed E-state index contributed by atoms with van der Waals surface area (Å²) in [5.41, 5.74) is 1.63. The molecule has 1 aromatic heterocycles. The molecule has 9 heteroatoms. The standard InChI is InChI=1S/C20H16F3N5O/c21-14-7-16(22)15(17(23)8-14)10-27-19(29)12-2-3-13-9-24-11-28(18(13)6-12)20-25-4-1-5-26-20/h1-8,24H,9-11H2,(H,27,29). The van der Waals surface area contributed by atoms with Crippen LogP contribution < -0.4 is 15.5 Å². The average Bonchev–Trinajstić information content (AvgIpc) is 2.72. The fourth-order valence-corrected chi connectivity index (χ4v) is 3.11. The summed E-state index contributed by atoms with van der Waals surface area (Å²) in [5.74, 6) is -3.14. The van der Waals surface area contributed by atoms with Gasteiger partial charge in [0, 0.05) is 48.7 Å². The van der Waals surface area contributed by atoms with Crippen molar-refractivity contribution in [2.75, 3.05) is 11.6 Å². The highest BCUT2D eigenvalue weighted by Crippen LogP contribution is 2.29. The van der Waals surface area contributed by atoms with Gasteiger partial charge in [0.15, 0.2) is 0 Å². The predicted octanol–water partition coefficient (Wildman–Crippen LogP) is 3.02. The van der Waals surface area contributed by atoms with Crippen molar-refractivity contribution in [3.05, 3.63) is 82.9 Å². The normalized spacial score (nSPS) is 13.1. The number of fused-ring (bicyclic) bond motifs is 1. The van der Waals surface area contributed by atoms with Gasteiger partial charge in [-0.15, -0.1) is 0 Å². The average molecular weight is 399 g/mol. The smallest absolute Gasteiger partial charge is 0.251 e. The Morgan fingerprint density at radius 3 is 2.55 bits per heavy atom. The van der Waals surface area contributed by atoms with Gasteiger partial charge in [0.05, 0.1) is 12.4 Å². The van der Waals surface area contributed by atoms with Crippen LogP contribution in [0, 0.1) is 17.5 Å². The number of benzene rings is 2. The Labute approximate surface area is 164 Å². The topological polar surface area (TPSA) is 70.2 Å². The van der Waals surface area contributed by atoms with Gasteiger partial charge in [-0.05, 0) is 23.8 Å². The van der Waals surface area contributed by atoms with Gasteiger partial charge in [0.25, 0.3) is 5.91 Å². The Bertz CT molecular complexity index is 1040. The van der Waals surface area contributed by atoms with Gasteiger partial charge < -0.3 is 5.32 Å². The van der Waals surface area contributed by atoms with E-state index in [9.17, 15) is 18.0 Å². The quantitative estimate of drug-likeness (QED) is 0.706. The molecule has 1 aliphatic rings. The van der Waals surface area contributed by atoms with E-state index in [-0.39, 0.29) is 0 Å². The number of nitrogens with zero attached hydrogens (tertiary/aromatic N) is 3. The Kier molecular flexibility index (Phi) is 5.13. The van der Waals surface area contributed by atoms with E-state index in [0.717, 1.165) is 11.3 Å². The third kappa shape index (κ3) is 3.90. The fourth-order valence-electron chi connectivity index (χ4n) is 3.11. The van der Waals surface area contributed by atoms with E-state index in [1.165, 1.54) is 0 Å². The lowest BCUT2D eigenvalue weighted by molar-refractivity contribution is 0.0950. The second-order valence-corrected chi connectivity index (χ2v) is 6.44. The van der Waals surface area contributed by atoms with E-state index in [0.29, 0.717) is 36.9 Å². The summed E-state index contributed by atoms with van der Waals surface area (Å²) in [5, 5.41) is 5.70. The van der Waals surface area contributed by atoms with Crippen molar-refractivity contribution in [2.24, 2.45) is 0 Å². The first-order valence-electron chi connectivity index (χ1n) is 8.83. The number of rotatable bonds is 4. The summed E-state index contributed by atoms with van der Waals surface area (Å²) < 4.78 is 40.6. The maximum Gasteiger partial charge on any atom is 0.251 e. The van der Waals surface area contributed by atoms with Crippen molar-refractivity contribution in [1.82, 2.24) is 20.6 Å². The van der Waals surface area contributed by atoms with E-state index < -0.39 is 35.5 Å². The third-order valence-corrected chi connectivity index (χ3v) is 4.55. The van der Waals surface area contributed by atoms with Crippen molar-refractivity contribution in [3.8, 4) is 0 Å². The third-order valence-electron chi connectivity index (χ3n) is 4.55. The van der Waals surface area contributed by atoms with Gasteiger partial charge in [0.2, 0.25) is 5.95 Å². The van der Waals surface area contributed by atoms with Gasteiger partial charge >= 0.3 is 0 Å². The minimum Gasteiger partial charge on any atom is -0.348 e. The van der Waals surface area contributed by atoms with Crippen LogP contribution in [-0.2, 0) is 13.1 Å². The highest BCUT2D eigenvalue weighted by molar-refractivity contribution is 5.95. The maximum absolute atomic E-state index is 13.8. The minimum atomic E-state index is -1.05. The predicted molar refractivity (Wildman–Crippen MR) is 99.8 cm³/mol. The molecular weight excluding hydrogens is 383 g/mol. The lowest BCUT2D eigenvalue weighted by Crippen LogP contribution is -2.37. The molecule has 148 valence electrons. The van der Waals surface area contributed by atoms with Crippen LogP contribution in [-0.4, -0.2) is 22.5 Å². The number of hydrogen-bond donors (Lipinski definition) is 2. The van der Waals surface area contributed by atoms with E-state index in [1.807, 2.05) is 4.90 Å². The summed E-state index contributed by atoms with van der Waals surface area (Å²) in [4.78, 5) is 22.8. The first kappa shape index (κ1) is 18.9. The molecule has 6 nitrogen and oxygen atoms in total. The van der Waals surface area contributed by atoms with Gasteiger partial charge in [-0.1, -0.05) is 6.07 Å². The number of nitrogens with one attached hydrogen (secondary N) is 2. The minimum absolute atomic E-state index is 0.314. The van der Waals surface area contributed by atoms with Gasteiger partial charge in [-0.3, -0.25) is 15.0 Å². The van der Waals surface area contributed by atoms with E-state index in [1.54, 1.807) is 36.7 Å². The molecule has 2 aromatic carbocycles. The first-order chi connectivity index (χ1) is 14.0. The van der Waals surface area contributed by atoms with Crippen LogP contribution in [0.25, 0.3) is 0 Å². The monoisotopic (exact) mass is 399 g/mol. The molecule has 0 bridgehead atoms. The van der Waals surface area contributed by atoms with Crippen LogP contribution >= 0.6 is 0 Å². The lowest BCUT2D eigenvalue weighted by Gasteiger charge is -2.30. The van der Waals surface area contributed by atoms with Crippen LogP contribution in [0.1, 0.15) is 21.5 Å². The highest BCUT2D eigenvalue weighted by Gasteiger charge is 2.21. The van der Waals surface area contributed by atoms with Crippen molar-refractivity contribution in [2.45, 2.75) is 13.1 Å². The molecule has 2 N–H and O–H groups in total. The van der Waals surface area contributed by atoms with E-state index >= 15 is 0 Å². The van der Waals surface area contributed by atoms with Crippen LogP contribution in [0.5, 0.6) is 0 Å². The Hall–Kier alpha value is -3.46. The van der Waals surface area contributed by atoms with Crippen LogP contribution in [0.15, 0.2) is 48.8 Å². The molecule has 1 aliphatic heterocycles. The van der Waals surface area contributed by atoms with Crippen LogP contribution in [0.3, 0.4) is 0 Å². The fraction of sp³-hybridized carbons (Fsp3) is 0.150. The zero-order valence-electron chi connectivity index (χ0n) is 15.1. The number of carbonyl (C=O) groups is 1. The Morgan fingerprint density at radius 1 is 1.10 bits per heavy atom. The zero-order valence-corrected chi connectivity index (χ0v) is 15.1. The molecule has 0 unspecified atom stereocenters. The highest BCUT2D eigenvalue weighted by atomic mass is 19.1. The number of carbonyl (C=O) groups excluding carboxylic acids is 1. The van der Waals surface area contributed by atoms with Crippen molar-refractivity contribution in [3.63, 3.8) is 0 Å². The molecule has 0 atom stereocenters. The Balaban J connectivity index is 1.56. The van der Waals surface area contributed by atoms with Crippen molar-refractivity contribution in [1.29, 1.82) is 0 Å². The zero-order chi connectivity index (χ0) is 20.4. The molecule has 0 aliphatic carbocycles. The molecule has 1 amide bonds. The van der Waals surface area contributed by atoms with Gasteiger partial charge in [0.1, 0.15) is 17.5 Å². The van der Waals surface area contributed by atoms with Crippen molar-refractivity contribution >= 4 is 17.5 Å². The molecule has 0 saturated heterocycles. The summed E-state index contributed by atoms with van der Waals surface area (Å²) >= 11 is 0. The van der Waals surface area contributed by atoms with E-state index in [4.69, 9.17) is 0 Å². The number of amides is 1. The van der Waals surface area contributed by atoms with E-state index in [2.05, 4.69) is 20.6 Å². The molecule has 0 saturated carbocycles. The SMILES string of the molecule is O=C(NCc1c(F)cc(F)cc1F)c1ccc2c(c1)N(c1ncccn1)CNC2. The molecule has 29 heavy (non-hydrogen) atoms. The lowest BCUT2D eigenvalue weighted by atomic mass is 10.1. The molecule has 0 fully saturated rings. The molecule has 3 aromatic rings. The number of aromatic nitrogens is 2. The number of halogens is 3. The summed E-state index contributed by atoms with van der Waals surface area (Å²) in [6, 6.07) is 7.97. The second kappa shape index (κ2) is 7.88. The first-order valence-corrected chi connectivity index (χ1v) is 8.83. The van der Waals surface area contributed by atoms with Gasteiger partial charge in [-0.25, -0.2) is 23.1 Å². The molecule has 4 rings (SSSR count). The van der Waals surface area contributed by atoms with Crippen molar-refractivity contribution < 1.29 is 18.0 Å². The van der Waals surface area contributed by atoms with Crippen LogP contribution in [0.2, 0.25) is 0 Å². The molecule has 0 spiro atoms. The molecular formula is C20H16F3N5O. The maximum atomic E-state index is 13.8. The number of anilines is 2. The molecule has 0 radical (unpaired) electrons.